The standard InChI is InChI=1S/C14H11Br2N5/c1-8-7-9(15)5-6-12(8)21-14(18-19-20-21)10-3-2-4-11(17)13(10)16/h2-7H,17H2,1H3. The summed E-state index contributed by atoms with van der Waals surface area (Å²) in [4.78, 5) is 0. The van der Waals surface area contributed by atoms with Crippen LogP contribution in [0.4, 0.5) is 5.69 Å². The van der Waals surface area contributed by atoms with E-state index in [4.69, 9.17) is 5.73 Å². The van der Waals surface area contributed by atoms with E-state index in [0.717, 1.165) is 25.8 Å². The van der Waals surface area contributed by atoms with E-state index in [1.165, 1.54) is 0 Å². The molecule has 0 bridgehead atoms. The highest BCUT2D eigenvalue weighted by Gasteiger charge is 2.16. The molecule has 0 amide bonds. The molecule has 0 unspecified atom stereocenters. The Morgan fingerprint density at radius 1 is 1.14 bits per heavy atom. The van der Waals surface area contributed by atoms with E-state index in [1.54, 1.807) is 4.68 Å². The molecular weight excluding hydrogens is 398 g/mol. The minimum absolute atomic E-state index is 0.639. The van der Waals surface area contributed by atoms with Gasteiger partial charge in [-0.05, 0) is 69.2 Å². The molecule has 3 aromatic rings. The van der Waals surface area contributed by atoms with Crippen LogP contribution >= 0.6 is 31.9 Å². The van der Waals surface area contributed by atoms with Gasteiger partial charge in [-0.15, -0.1) is 5.10 Å². The Bertz CT molecular complexity index is 813. The van der Waals surface area contributed by atoms with Gasteiger partial charge in [-0.2, -0.15) is 4.68 Å². The molecular formula is C14H11Br2N5. The average Bonchev–Trinajstić information content (AvgIpc) is 2.91. The molecule has 0 atom stereocenters. The zero-order valence-corrected chi connectivity index (χ0v) is 14.3. The minimum atomic E-state index is 0.639. The third-order valence-electron chi connectivity index (χ3n) is 3.13. The molecule has 0 aliphatic heterocycles. The molecule has 5 nitrogen and oxygen atoms in total. The zero-order valence-electron chi connectivity index (χ0n) is 11.1. The summed E-state index contributed by atoms with van der Waals surface area (Å²) in [5.41, 5.74) is 9.42. The molecule has 0 aliphatic carbocycles. The van der Waals surface area contributed by atoms with E-state index >= 15 is 0 Å². The van der Waals surface area contributed by atoms with Gasteiger partial charge in [-0.1, -0.05) is 22.0 Å². The maximum Gasteiger partial charge on any atom is 0.188 e. The number of anilines is 1. The first-order chi connectivity index (χ1) is 10.1. The van der Waals surface area contributed by atoms with Gasteiger partial charge in [-0.3, -0.25) is 0 Å². The number of nitrogens with zero attached hydrogens (tertiary/aromatic N) is 4. The highest BCUT2D eigenvalue weighted by molar-refractivity contribution is 9.11. The second-order valence-electron chi connectivity index (χ2n) is 4.55. The normalized spacial score (nSPS) is 10.8. The number of hydrogen-bond donors (Lipinski definition) is 1. The summed E-state index contributed by atoms with van der Waals surface area (Å²) < 4.78 is 3.51. The smallest absolute Gasteiger partial charge is 0.188 e. The van der Waals surface area contributed by atoms with E-state index in [9.17, 15) is 0 Å². The number of aryl methyl sites for hydroxylation is 1. The van der Waals surface area contributed by atoms with Crippen LogP contribution in [0.2, 0.25) is 0 Å². The van der Waals surface area contributed by atoms with Crippen molar-refractivity contribution < 1.29 is 0 Å². The Hall–Kier alpha value is -1.73. The first-order valence-corrected chi connectivity index (χ1v) is 7.76. The molecule has 2 aromatic carbocycles. The Balaban J connectivity index is 2.20. The largest absolute Gasteiger partial charge is 0.398 e. The van der Waals surface area contributed by atoms with Gasteiger partial charge in [0.05, 0.1) is 10.2 Å². The molecule has 0 aliphatic rings. The zero-order chi connectivity index (χ0) is 15.0. The van der Waals surface area contributed by atoms with Crippen LogP contribution in [-0.4, -0.2) is 20.2 Å². The van der Waals surface area contributed by atoms with Crippen molar-refractivity contribution in [3.8, 4) is 17.1 Å². The lowest BCUT2D eigenvalue weighted by Crippen LogP contribution is -2.03. The van der Waals surface area contributed by atoms with Gasteiger partial charge >= 0.3 is 0 Å². The van der Waals surface area contributed by atoms with Gasteiger partial charge in [-0.25, -0.2) is 0 Å². The number of tetrazole rings is 1. The van der Waals surface area contributed by atoms with Crippen molar-refractivity contribution >= 4 is 37.5 Å². The van der Waals surface area contributed by atoms with E-state index in [2.05, 4.69) is 47.4 Å². The van der Waals surface area contributed by atoms with Gasteiger partial charge in [0, 0.05) is 15.7 Å². The van der Waals surface area contributed by atoms with Gasteiger partial charge < -0.3 is 5.73 Å². The second-order valence-corrected chi connectivity index (χ2v) is 6.26. The number of halogens is 2. The highest BCUT2D eigenvalue weighted by Crippen LogP contribution is 2.32. The van der Waals surface area contributed by atoms with Crippen LogP contribution in [-0.2, 0) is 0 Å². The fourth-order valence-electron chi connectivity index (χ4n) is 2.10. The van der Waals surface area contributed by atoms with E-state index in [0.29, 0.717) is 11.5 Å². The fourth-order valence-corrected chi connectivity index (χ4v) is 3.01. The summed E-state index contributed by atoms with van der Waals surface area (Å²) in [6.45, 7) is 2.01. The number of hydrogen-bond acceptors (Lipinski definition) is 4. The molecule has 1 aromatic heterocycles. The summed E-state index contributed by atoms with van der Waals surface area (Å²) in [5.74, 6) is 0.639. The maximum absolute atomic E-state index is 5.93. The molecule has 0 fully saturated rings. The molecule has 7 heteroatoms. The topological polar surface area (TPSA) is 69.6 Å². The third-order valence-corrected chi connectivity index (χ3v) is 4.50. The monoisotopic (exact) mass is 407 g/mol. The predicted molar refractivity (Wildman–Crippen MR) is 89.1 cm³/mol. The van der Waals surface area contributed by atoms with E-state index < -0.39 is 0 Å². The van der Waals surface area contributed by atoms with Crippen molar-refractivity contribution in [3.63, 3.8) is 0 Å². The van der Waals surface area contributed by atoms with Crippen molar-refractivity contribution in [2.45, 2.75) is 6.92 Å². The van der Waals surface area contributed by atoms with Crippen molar-refractivity contribution in [2.24, 2.45) is 0 Å². The van der Waals surface area contributed by atoms with E-state index in [1.807, 2.05) is 43.3 Å². The van der Waals surface area contributed by atoms with Crippen molar-refractivity contribution in [1.29, 1.82) is 0 Å². The maximum atomic E-state index is 5.93. The molecule has 21 heavy (non-hydrogen) atoms. The number of nitrogens with two attached hydrogens (primary N) is 1. The highest BCUT2D eigenvalue weighted by atomic mass is 79.9. The molecule has 0 saturated carbocycles. The molecule has 2 N–H and O–H groups in total. The van der Waals surface area contributed by atoms with Crippen molar-refractivity contribution in [2.75, 3.05) is 5.73 Å². The second kappa shape index (κ2) is 5.57. The summed E-state index contributed by atoms with van der Waals surface area (Å²) >= 11 is 6.96. The van der Waals surface area contributed by atoms with Gasteiger partial charge in [0.2, 0.25) is 0 Å². The lowest BCUT2D eigenvalue weighted by Gasteiger charge is -2.10. The van der Waals surface area contributed by atoms with Crippen LogP contribution in [0.3, 0.4) is 0 Å². The number of rotatable bonds is 2. The summed E-state index contributed by atoms with van der Waals surface area (Å²) in [6, 6.07) is 11.6. The predicted octanol–water partition coefficient (Wildman–Crippen LogP) is 3.74. The number of aromatic nitrogens is 4. The molecule has 0 spiro atoms. The van der Waals surface area contributed by atoms with Crippen LogP contribution in [0, 0.1) is 6.92 Å². The van der Waals surface area contributed by atoms with Crippen LogP contribution < -0.4 is 5.73 Å². The first-order valence-electron chi connectivity index (χ1n) is 6.17. The number of nitrogen functional groups attached to an aromatic ring is 1. The Morgan fingerprint density at radius 2 is 1.95 bits per heavy atom. The van der Waals surface area contributed by atoms with Gasteiger partial charge in [0.1, 0.15) is 0 Å². The molecule has 1 heterocycles. The molecule has 0 saturated heterocycles. The van der Waals surface area contributed by atoms with Crippen LogP contribution in [0.5, 0.6) is 0 Å². The Labute approximate surface area is 138 Å². The van der Waals surface area contributed by atoms with Crippen LogP contribution in [0.15, 0.2) is 45.3 Å². The Morgan fingerprint density at radius 3 is 2.71 bits per heavy atom. The summed E-state index contributed by atoms with van der Waals surface area (Å²) in [7, 11) is 0. The first kappa shape index (κ1) is 14.2. The lowest BCUT2D eigenvalue weighted by atomic mass is 10.1. The Kier molecular flexibility index (Phi) is 3.77. The molecule has 0 radical (unpaired) electrons. The van der Waals surface area contributed by atoms with Crippen LogP contribution in [0.25, 0.3) is 17.1 Å². The minimum Gasteiger partial charge on any atom is -0.398 e. The number of benzene rings is 2. The summed E-state index contributed by atoms with van der Waals surface area (Å²) in [6.07, 6.45) is 0. The van der Waals surface area contributed by atoms with Gasteiger partial charge in [0.15, 0.2) is 5.82 Å². The van der Waals surface area contributed by atoms with Gasteiger partial charge in [0.25, 0.3) is 0 Å². The third kappa shape index (κ3) is 2.58. The SMILES string of the molecule is Cc1cc(Br)ccc1-n1nnnc1-c1cccc(N)c1Br. The average molecular weight is 409 g/mol. The van der Waals surface area contributed by atoms with Crippen molar-refractivity contribution in [1.82, 2.24) is 20.2 Å². The summed E-state index contributed by atoms with van der Waals surface area (Å²) in [5, 5.41) is 12.0. The lowest BCUT2D eigenvalue weighted by molar-refractivity contribution is 0.787. The molecule has 3 rings (SSSR count). The fraction of sp³-hybridized carbons (Fsp3) is 0.0714. The quantitative estimate of drug-likeness (QED) is 0.655. The van der Waals surface area contributed by atoms with Crippen LogP contribution in [0.1, 0.15) is 5.56 Å². The molecule has 106 valence electrons. The van der Waals surface area contributed by atoms with E-state index in [-0.39, 0.29) is 0 Å². The van der Waals surface area contributed by atoms with Crippen molar-refractivity contribution in [3.05, 3.63) is 50.9 Å².